The average Bonchev–Trinajstić information content (AvgIpc) is 2.60. The number of halogens is 1. The topological polar surface area (TPSA) is 86.4 Å². The molecule has 0 saturated heterocycles. The number of amides is 1. The Bertz CT molecular complexity index is 701. The molecule has 0 N–H and O–H groups in total. The van der Waals surface area contributed by atoms with E-state index in [4.69, 9.17) is 31.6 Å². The molecule has 7 heteroatoms. The van der Waals surface area contributed by atoms with Gasteiger partial charge in [-0.05, 0) is 23.8 Å². The van der Waals surface area contributed by atoms with Gasteiger partial charge in [0.25, 0.3) is 0 Å². The quantitative estimate of drug-likeness (QED) is 0.740. The van der Waals surface area contributed by atoms with Crippen LogP contribution in [0.2, 0.25) is 5.02 Å². The summed E-state index contributed by atoms with van der Waals surface area (Å²) in [6.07, 6.45) is 3.47. The Kier molecular flexibility index (Phi) is 6.48. The number of benzene rings is 1. The monoisotopic (exact) mass is 345 g/mol. The third-order valence-electron chi connectivity index (χ3n) is 3.34. The summed E-state index contributed by atoms with van der Waals surface area (Å²) in [5.41, 5.74) is 0.707. The molecule has 0 radical (unpaired) electrons. The molecule has 24 heavy (non-hydrogen) atoms. The summed E-state index contributed by atoms with van der Waals surface area (Å²) in [5, 5.41) is 17.7. The van der Waals surface area contributed by atoms with Crippen LogP contribution in [0.3, 0.4) is 0 Å². The first-order valence-corrected chi connectivity index (χ1v) is 7.83. The fourth-order valence-electron chi connectivity index (χ4n) is 2.20. The number of nitriles is 2. The molecule has 0 atom stereocenters. The van der Waals surface area contributed by atoms with Gasteiger partial charge in [-0.2, -0.15) is 10.5 Å². The predicted molar refractivity (Wildman–Crippen MR) is 88.5 cm³/mol. The lowest BCUT2D eigenvalue weighted by Crippen LogP contribution is -2.31. The zero-order valence-corrected chi connectivity index (χ0v) is 13.8. The molecule has 1 aliphatic rings. The van der Waals surface area contributed by atoms with Crippen molar-refractivity contribution in [1.29, 1.82) is 10.5 Å². The van der Waals surface area contributed by atoms with E-state index in [-0.39, 0.29) is 18.7 Å². The van der Waals surface area contributed by atoms with E-state index in [1.807, 2.05) is 12.1 Å². The molecule has 0 unspecified atom stereocenters. The van der Waals surface area contributed by atoms with Gasteiger partial charge in [-0.25, -0.2) is 0 Å². The number of fused-ring (bicyclic) bond motifs is 1. The lowest BCUT2D eigenvalue weighted by atomic mass is 10.1. The Hall–Kier alpha value is -2.70. The van der Waals surface area contributed by atoms with Crippen LogP contribution >= 0.6 is 11.6 Å². The minimum Gasteiger partial charge on any atom is -0.486 e. The smallest absolute Gasteiger partial charge is 0.246 e. The minimum absolute atomic E-state index is 0.223. The fourth-order valence-corrected chi connectivity index (χ4v) is 2.48. The molecule has 1 amide bonds. The van der Waals surface area contributed by atoms with Gasteiger partial charge in [0.2, 0.25) is 5.91 Å². The summed E-state index contributed by atoms with van der Waals surface area (Å²) < 4.78 is 10.9. The van der Waals surface area contributed by atoms with Crippen molar-refractivity contribution >= 4 is 23.6 Å². The van der Waals surface area contributed by atoms with Crippen LogP contribution in [-0.4, -0.2) is 37.1 Å². The highest BCUT2D eigenvalue weighted by Crippen LogP contribution is 2.38. The molecule has 1 heterocycles. The van der Waals surface area contributed by atoms with Crippen molar-refractivity contribution in [2.75, 3.05) is 26.3 Å². The third-order valence-corrected chi connectivity index (χ3v) is 3.62. The van der Waals surface area contributed by atoms with Gasteiger partial charge < -0.3 is 14.4 Å². The summed E-state index contributed by atoms with van der Waals surface area (Å²) in [6, 6.07) is 7.43. The van der Waals surface area contributed by atoms with E-state index < -0.39 is 0 Å². The number of hydrogen-bond donors (Lipinski definition) is 0. The Morgan fingerprint density at radius 3 is 2.54 bits per heavy atom. The van der Waals surface area contributed by atoms with Crippen LogP contribution in [0.25, 0.3) is 6.08 Å². The van der Waals surface area contributed by atoms with Gasteiger partial charge >= 0.3 is 0 Å². The zero-order valence-electron chi connectivity index (χ0n) is 13.0. The maximum atomic E-state index is 12.2. The highest BCUT2D eigenvalue weighted by Gasteiger charge is 2.16. The fraction of sp³-hybridized carbons (Fsp3) is 0.353. The van der Waals surface area contributed by atoms with Crippen LogP contribution < -0.4 is 9.47 Å². The van der Waals surface area contributed by atoms with Crippen molar-refractivity contribution in [1.82, 2.24) is 4.90 Å². The molecule has 0 fully saturated rings. The van der Waals surface area contributed by atoms with E-state index in [0.29, 0.717) is 48.4 Å². The summed E-state index contributed by atoms with van der Waals surface area (Å²) in [7, 11) is 0. The van der Waals surface area contributed by atoms with Gasteiger partial charge in [-0.1, -0.05) is 11.6 Å². The van der Waals surface area contributed by atoms with E-state index in [1.165, 1.54) is 11.0 Å². The molecule has 1 aromatic carbocycles. The number of nitrogens with zero attached hydrogens (tertiary/aromatic N) is 3. The maximum absolute atomic E-state index is 12.2. The lowest BCUT2D eigenvalue weighted by Gasteiger charge is -2.20. The Labute approximate surface area is 145 Å². The van der Waals surface area contributed by atoms with E-state index >= 15 is 0 Å². The van der Waals surface area contributed by atoms with Gasteiger partial charge in [0.15, 0.2) is 11.5 Å². The van der Waals surface area contributed by atoms with Crippen molar-refractivity contribution in [2.24, 2.45) is 0 Å². The average molecular weight is 346 g/mol. The third kappa shape index (κ3) is 4.65. The van der Waals surface area contributed by atoms with Gasteiger partial charge in [0.05, 0.1) is 30.0 Å². The first kappa shape index (κ1) is 17.7. The summed E-state index contributed by atoms with van der Waals surface area (Å²) in [4.78, 5) is 13.7. The molecular formula is C17H16ClN3O3. The Morgan fingerprint density at radius 1 is 1.21 bits per heavy atom. The van der Waals surface area contributed by atoms with Crippen LogP contribution in [-0.2, 0) is 4.79 Å². The van der Waals surface area contributed by atoms with Gasteiger partial charge in [0.1, 0.15) is 13.2 Å². The highest BCUT2D eigenvalue weighted by atomic mass is 35.5. The summed E-state index contributed by atoms with van der Waals surface area (Å²) >= 11 is 6.16. The van der Waals surface area contributed by atoms with Crippen molar-refractivity contribution in [3.8, 4) is 23.6 Å². The standard InChI is InChI=1S/C17H16ClN3O3/c18-14-11-13(12-15-17(14)24-10-9-23-15)3-4-16(22)21(7-1-5-19)8-2-6-20/h3-4,11-12H,1-2,7-10H2/b4-3+. The Balaban J connectivity index is 2.10. The Morgan fingerprint density at radius 2 is 1.88 bits per heavy atom. The number of hydrogen-bond acceptors (Lipinski definition) is 5. The van der Waals surface area contributed by atoms with E-state index in [1.54, 1.807) is 18.2 Å². The van der Waals surface area contributed by atoms with E-state index in [2.05, 4.69) is 0 Å². The predicted octanol–water partition coefficient (Wildman–Crippen LogP) is 2.78. The van der Waals surface area contributed by atoms with Crippen LogP contribution in [0.5, 0.6) is 11.5 Å². The normalized spacial score (nSPS) is 12.5. The SMILES string of the molecule is N#CCCN(CCC#N)C(=O)/C=C/c1cc(Cl)c2c(c1)OCCO2. The molecule has 0 aliphatic carbocycles. The van der Waals surface area contributed by atoms with Crippen LogP contribution in [0, 0.1) is 22.7 Å². The van der Waals surface area contributed by atoms with Crippen LogP contribution in [0.15, 0.2) is 18.2 Å². The number of ether oxygens (including phenoxy) is 2. The molecule has 0 saturated carbocycles. The summed E-state index contributed by atoms with van der Waals surface area (Å²) in [6.45, 7) is 1.49. The van der Waals surface area contributed by atoms with Crippen LogP contribution in [0.4, 0.5) is 0 Å². The zero-order chi connectivity index (χ0) is 17.4. The lowest BCUT2D eigenvalue weighted by molar-refractivity contribution is -0.125. The van der Waals surface area contributed by atoms with Crippen molar-refractivity contribution in [3.63, 3.8) is 0 Å². The second-order valence-corrected chi connectivity index (χ2v) is 5.41. The second kappa shape index (κ2) is 8.81. The van der Waals surface area contributed by atoms with Crippen molar-refractivity contribution in [3.05, 3.63) is 28.8 Å². The largest absolute Gasteiger partial charge is 0.486 e. The summed E-state index contributed by atoms with van der Waals surface area (Å²) in [5.74, 6) is 0.800. The van der Waals surface area contributed by atoms with Gasteiger partial charge in [0, 0.05) is 19.2 Å². The number of rotatable bonds is 6. The molecule has 1 aromatic rings. The number of carbonyl (C=O) groups is 1. The van der Waals surface area contributed by atoms with E-state index in [9.17, 15) is 4.79 Å². The van der Waals surface area contributed by atoms with Gasteiger partial charge in [-0.15, -0.1) is 0 Å². The minimum atomic E-state index is -0.258. The van der Waals surface area contributed by atoms with Gasteiger partial charge in [-0.3, -0.25) is 4.79 Å². The molecule has 124 valence electrons. The second-order valence-electron chi connectivity index (χ2n) is 5.00. The maximum Gasteiger partial charge on any atom is 0.246 e. The van der Waals surface area contributed by atoms with Crippen molar-refractivity contribution < 1.29 is 14.3 Å². The molecule has 2 rings (SSSR count). The van der Waals surface area contributed by atoms with Crippen molar-refractivity contribution in [2.45, 2.75) is 12.8 Å². The van der Waals surface area contributed by atoms with Crippen LogP contribution in [0.1, 0.15) is 18.4 Å². The van der Waals surface area contributed by atoms with E-state index in [0.717, 1.165) is 0 Å². The first-order chi connectivity index (χ1) is 11.7. The molecule has 6 nitrogen and oxygen atoms in total. The molecule has 0 spiro atoms. The molecule has 0 aromatic heterocycles. The molecule has 1 aliphatic heterocycles. The molecule has 0 bridgehead atoms. The molecular weight excluding hydrogens is 330 g/mol. The number of carbonyl (C=O) groups excluding carboxylic acids is 1. The highest BCUT2D eigenvalue weighted by molar-refractivity contribution is 6.32. The first-order valence-electron chi connectivity index (χ1n) is 7.45.